The van der Waals surface area contributed by atoms with Crippen molar-refractivity contribution in [2.45, 2.75) is 12.2 Å². The Hall–Kier alpha value is -1.18. The average Bonchev–Trinajstić information content (AvgIpc) is 2.80. The van der Waals surface area contributed by atoms with Crippen LogP contribution in [0.15, 0.2) is 0 Å². The Kier molecular flexibility index (Phi) is 2.03. The van der Waals surface area contributed by atoms with E-state index in [1.165, 1.54) is 0 Å². The Morgan fingerprint density at radius 2 is 1.45 bits per heavy atom. The first kappa shape index (κ1) is 7.92. The lowest BCUT2D eigenvalue weighted by atomic mass is 10.3. The largest absolute Gasteiger partial charge is 0.371 e. The topological polar surface area (TPSA) is 117 Å². The maximum Gasteiger partial charge on any atom is 0.357 e. The number of hydrogen-bond acceptors (Lipinski definition) is 7. The van der Waals surface area contributed by atoms with Gasteiger partial charge >= 0.3 is 11.9 Å². The van der Waals surface area contributed by atoms with Gasteiger partial charge in [0.2, 0.25) is 0 Å². The predicted molar refractivity (Wildman–Crippen MR) is 29.2 cm³/mol. The molecule has 0 amide bonds. The Bertz CT molecular complexity index is 173. The molecule has 7 heteroatoms. The van der Waals surface area contributed by atoms with Crippen LogP contribution < -0.4 is 11.8 Å². The summed E-state index contributed by atoms with van der Waals surface area (Å²) in [6.07, 6.45) is -1.92. The Morgan fingerprint density at radius 1 is 1.09 bits per heavy atom. The van der Waals surface area contributed by atoms with Crippen LogP contribution in [0.25, 0.3) is 0 Å². The SMILES string of the molecule is NOC(=O)C1OC1C(=O)ON. The van der Waals surface area contributed by atoms with Crippen molar-refractivity contribution in [3.05, 3.63) is 0 Å². The Morgan fingerprint density at radius 3 is 1.73 bits per heavy atom. The molecule has 0 radical (unpaired) electrons. The van der Waals surface area contributed by atoms with Crippen LogP contribution in [0, 0.1) is 0 Å². The fourth-order valence-electron chi connectivity index (χ4n) is 0.605. The van der Waals surface area contributed by atoms with Crippen molar-refractivity contribution in [1.29, 1.82) is 0 Å². The van der Waals surface area contributed by atoms with E-state index in [1.807, 2.05) is 0 Å². The van der Waals surface area contributed by atoms with Crippen LogP contribution in [0.5, 0.6) is 0 Å². The second-order valence-corrected chi connectivity index (χ2v) is 1.85. The van der Waals surface area contributed by atoms with Crippen LogP contribution in [0.2, 0.25) is 0 Å². The summed E-state index contributed by atoms with van der Waals surface area (Å²) in [5.74, 6) is 7.37. The first-order valence-corrected chi connectivity index (χ1v) is 2.67. The molecule has 0 saturated carbocycles. The molecule has 2 unspecified atom stereocenters. The van der Waals surface area contributed by atoms with Gasteiger partial charge in [-0.05, 0) is 0 Å². The van der Waals surface area contributed by atoms with E-state index >= 15 is 0 Å². The number of carbonyl (C=O) groups is 2. The number of nitrogens with two attached hydrogens (primary N) is 2. The van der Waals surface area contributed by atoms with Gasteiger partial charge in [-0.3, -0.25) is 0 Å². The third-order valence-corrected chi connectivity index (χ3v) is 1.19. The van der Waals surface area contributed by atoms with Gasteiger partial charge in [0.1, 0.15) is 0 Å². The van der Waals surface area contributed by atoms with Crippen LogP contribution in [0.1, 0.15) is 0 Å². The van der Waals surface area contributed by atoms with Gasteiger partial charge in [0, 0.05) is 0 Å². The minimum absolute atomic E-state index is 0.819. The van der Waals surface area contributed by atoms with Gasteiger partial charge in [0.05, 0.1) is 0 Å². The fourth-order valence-corrected chi connectivity index (χ4v) is 0.605. The molecule has 7 nitrogen and oxygen atoms in total. The van der Waals surface area contributed by atoms with Crippen LogP contribution >= 0.6 is 0 Å². The minimum atomic E-state index is -0.962. The summed E-state index contributed by atoms with van der Waals surface area (Å²) in [5.41, 5.74) is 0. The van der Waals surface area contributed by atoms with Crippen LogP contribution in [0.4, 0.5) is 0 Å². The molecule has 1 aliphatic rings. The van der Waals surface area contributed by atoms with Gasteiger partial charge in [0.25, 0.3) is 0 Å². The van der Waals surface area contributed by atoms with Gasteiger partial charge < -0.3 is 14.4 Å². The molecule has 1 heterocycles. The van der Waals surface area contributed by atoms with Crippen molar-refractivity contribution in [2.75, 3.05) is 0 Å². The highest BCUT2D eigenvalue weighted by molar-refractivity contribution is 5.89. The summed E-state index contributed by atoms with van der Waals surface area (Å²) in [6.45, 7) is 0. The third-order valence-electron chi connectivity index (χ3n) is 1.19. The van der Waals surface area contributed by atoms with E-state index in [4.69, 9.17) is 0 Å². The molecule has 0 aliphatic carbocycles. The zero-order valence-corrected chi connectivity index (χ0v) is 5.35. The van der Waals surface area contributed by atoms with Crippen LogP contribution in [-0.4, -0.2) is 24.1 Å². The number of epoxide rings is 1. The molecule has 1 aliphatic heterocycles. The molecule has 0 spiro atoms. The number of carbonyl (C=O) groups excluding carboxylic acids is 2. The number of hydrogen-bond donors (Lipinski definition) is 2. The summed E-state index contributed by atoms with van der Waals surface area (Å²) in [4.78, 5) is 28.5. The Labute approximate surface area is 61.1 Å². The highest BCUT2D eigenvalue weighted by atomic mass is 16.7. The first-order chi connectivity index (χ1) is 5.20. The van der Waals surface area contributed by atoms with Gasteiger partial charge in [-0.1, -0.05) is 0 Å². The number of ether oxygens (including phenoxy) is 1. The molecule has 2 atom stereocenters. The van der Waals surface area contributed by atoms with E-state index in [2.05, 4.69) is 26.2 Å². The van der Waals surface area contributed by atoms with Crippen molar-refractivity contribution in [3.8, 4) is 0 Å². The lowest BCUT2D eigenvalue weighted by Crippen LogP contribution is -2.23. The van der Waals surface area contributed by atoms with E-state index in [0.29, 0.717) is 0 Å². The molecule has 0 aromatic rings. The predicted octanol–water partition coefficient (Wildman–Crippen LogP) is -2.41. The van der Waals surface area contributed by atoms with Crippen molar-refractivity contribution in [3.63, 3.8) is 0 Å². The zero-order chi connectivity index (χ0) is 8.43. The fraction of sp³-hybridized carbons (Fsp3) is 0.500. The average molecular weight is 162 g/mol. The molecule has 1 rings (SSSR count). The van der Waals surface area contributed by atoms with Gasteiger partial charge in [-0.2, -0.15) is 11.8 Å². The molecule has 11 heavy (non-hydrogen) atoms. The summed E-state index contributed by atoms with van der Waals surface area (Å²) in [7, 11) is 0. The molecular formula is C4H6N2O5. The summed E-state index contributed by atoms with van der Waals surface area (Å²) in [5, 5.41) is 0. The molecular weight excluding hydrogens is 156 g/mol. The van der Waals surface area contributed by atoms with E-state index in [0.717, 1.165) is 0 Å². The van der Waals surface area contributed by atoms with E-state index in [1.54, 1.807) is 0 Å². The molecule has 4 N–H and O–H groups in total. The van der Waals surface area contributed by atoms with Crippen molar-refractivity contribution in [1.82, 2.24) is 0 Å². The Balaban J connectivity index is 2.37. The molecule has 0 bridgehead atoms. The first-order valence-electron chi connectivity index (χ1n) is 2.67. The third kappa shape index (κ3) is 1.45. The van der Waals surface area contributed by atoms with E-state index < -0.39 is 24.1 Å². The van der Waals surface area contributed by atoms with Gasteiger partial charge in [-0.25, -0.2) is 9.59 Å². The number of rotatable bonds is 2. The second kappa shape index (κ2) is 2.82. The maximum absolute atomic E-state index is 10.5. The van der Waals surface area contributed by atoms with E-state index in [-0.39, 0.29) is 0 Å². The second-order valence-electron chi connectivity index (χ2n) is 1.85. The normalized spacial score (nSPS) is 27.5. The molecule has 62 valence electrons. The van der Waals surface area contributed by atoms with Gasteiger partial charge in [-0.15, -0.1) is 0 Å². The highest BCUT2D eigenvalue weighted by Crippen LogP contribution is 2.23. The summed E-state index contributed by atoms with van der Waals surface area (Å²) in [6, 6.07) is 0. The summed E-state index contributed by atoms with van der Waals surface area (Å²) >= 11 is 0. The minimum Gasteiger partial charge on any atom is -0.371 e. The van der Waals surface area contributed by atoms with Crippen molar-refractivity contribution in [2.24, 2.45) is 11.8 Å². The van der Waals surface area contributed by atoms with Gasteiger partial charge in [0.15, 0.2) is 12.2 Å². The van der Waals surface area contributed by atoms with Crippen LogP contribution in [0.3, 0.4) is 0 Å². The molecule has 1 fully saturated rings. The lowest BCUT2D eigenvalue weighted by Gasteiger charge is -1.90. The lowest BCUT2D eigenvalue weighted by molar-refractivity contribution is -0.148. The monoisotopic (exact) mass is 162 g/mol. The molecule has 0 aromatic heterocycles. The zero-order valence-electron chi connectivity index (χ0n) is 5.35. The van der Waals surface area contributed by atoms with Crippen LogP contribution in [-0.2, 0) is 24.0 Å². The standard InChI is InChI=1S/C4H6N2O5/c5-10-3(7)1-2(9-1)4(8)11-6/h1-2H,5-6H2. The highest BCUT2D eigenvalue weighted by Gasteiger charge is 2.53. The van der Waals surface area contributed by atoms with Crippen molar-refractivity contribution >= 4 is 11.9 Å². The van der Waals surface area contributed by atoms with E-state index in [9.17, 15) is 9.59 Å². The molecule has 1 saturated heterocycles. The maximum atomic E-state index is 10.5. The smallest absolute Gasteiger partial charge is 0.357 e. The van der Waals surface area contributed by atoms with Crippen molar-refractivity contribution < 1.29 is 24.0 Å². The quantitative estimate of drug-likeness (QED) is 0.343. The summed E-state index contributed by atoms with van der Waals surface area (Å²) < 4.78 is 4.51. The molecule has 0 aromatic carbocycles.